The van der Waals surface area contributed by atoms with E-state index in [1.807, 2.05) is 19.0 Å². The Hall–Kier alpha value is -2.30. The first-order chi connectivity index (χ1) is 12.5. The second-order valence-electron chi connectivity index (χ2n) is 5.98. The Bertz CT molecular complexity index is 838. The summed E-state index contributed by atoms with van der Waals surface area (Å²) < 4.78 is 32.7. The Morgan fingerprint density at radius 2 is 1.81 bits per heavy atom. The van der Waals surface area contributed by atoms with E-state index in [9.17, 15) is 8.42 Å². The van der Waals surface area contributed by atoms with Crippen molar-refractivity contribution >= 4 is 21.9 Å². The molecule has 0 atom stereocenters. The van der Waals surface area contributed by atoms with Crippen molar-refractivity contribution in [1.29, 1.82) is 0 Å². The third-order valence-corrected chi connectivity index (χ3v) is 5.24. The Morgan fingerprint density at radius 1 is 1.12 bits per heavy atom. The van der Waals surface area contributed by atoms with Crippen LogP contribution in [0.3, 0.4) is 0 Å². The molecule has 26 heavy (non-hydrogen) atoms. The number of sulfonamides is 1. The van der Waals surface area contributed by atoms with Gasteiger partial charge in [0.25, 0.3) is 0 Å². The van der Waals surface area contributed by atoms with Crippen molar-refractivity contribution in [3.05, 3.63) is 36.2 Å². The standard InChI is InChI=1S/C16H22N6O3S/c1-21(2)15-18-14(19-16(20-15)22-8-10-25-11-9-22)12-17-26(23,24)13-6-4-3-5-7-13/h3-7,17H,8-12H2,1-2H3. The van der Waals surface area contributed by atoms with Gasteiger partial charge in [0.05, 0.1) is 24.7 Å². The molecule has 1 N–H and O–H groups in total. The lowest BCUT2D eigenvalue weighted by Crippen LogP contribution is -2.38. The van der Waals surface area contributed by atoms with Crippen LogP contribution in [0.15, 0.2) is 35.2 Å². The highest BCUT2D eigenvalue weighted by Crippen LogP contribution is 2.15. The number of nitrogens with one attached hydrogen (secondary N) is 1. The fourth-order valence-corrected chi connectivity index (χ4v) is 3.42. The predicted molar refractivity (Wildman–Crippen MR) is 97.7 cm³/mol. The van der Waals surface area contributed by atoms with Gasteiger partial charge in [-0.2, -0.15) is 15.0 Å². The summed E-state index contributed by atoms with van der Waals surface area (Å²) in [5.74, 6) is 1.38. The van der Waals surface area contributed by atoms with E-state index >= 15 is 0 Å². The van der Waals surface area contributed by atoms with E-state index in [0.717, 1.165) is 0 Å². The summed E-state index contributed by atoms with van der Waals surface area (Å²) in [7, 11) is 0.0325. The molecule has 1 aliphatic rings. The lowest BCUT2D eigenvalue weighted by Gasteiger charge is -2.27. The largest absolute Gasteiger partial charge is 0.378 e. The van der Waals surface area contributed by atoms with Gasteiger partial charge >= 0.3 is 0 Å². The lowest BCUT2D eigenvalue weighted by molar-refractivity contribution is 0.122. The molecule has 1 aromatic carbocycles. The zero-order valence-electron chi connectivity index (χ0n) is 14.8. The van der Waals surface area contributed by atoms with E-state index in [1.54, 1.807) is 35.2 Å². The van der Waals surface area contributed by atoms with Crippen molar-refractivity contribution in [3.63, 3.8) is 0 Å². The Balaban J connectivity index is 1.81. The van der Waals surface area contributed by atoms with Crippen molar-refractivity contribution in [3.8, 4) is 0 Å². The minimum atomic E-state index is -3.63. The van der Waals surface area contributed by atoms with Crippen LogP contribution in [0, 0.1) is 0 Å². The molecule has 2 aromatic rings. The summed E-state index contributed by atoms with van der Waals surface area (Å²) in [5, 5.41) is 0. The summed E-state index contributed by atoms with van der Waals surface area (Å²) in [5.41, 5.74) is 0. The molecule has 9 nitrogen and oxygen atoms in total. The normalized spacial score (nSPS) is 15.1. The number of aromatic nitrogens is 3. The highest BCUT2D eigenvalue weighted by Gasteiger charge is 2.19. The van der Waals surface area contributed by atoms with Crippen LogP contribution in [-0.2, 0) is 21.3 Å². The van der Waals surface area contributed by atoms with E-state index in [-0.39, 0.29) is 11.4 Å². The number of hydrogen-bond donors (Lipinski definition) is 1. The molecule has 140 valence electrons. The third-order valence-electron chi connectivity index (χ3n) is 3.83. The molecule has 0 unspecified atom stereocenters. The molecule has 10 heteroatoms. The van der Waals surface area contributed by atoms with Gasteiger partial charge in [-0.15, -0.1) is 0 Å². The molecular formula is C16H22N6O3S. The molecule has 0 radical (unpaired) electrons. The number of anilines is 2. The van der Waals surface area contributed by atoms with Gasteiger partial charge in [-0.3, -0.25) is 0 Å². The SMILES string of the molecule is CN(C)c1nc(CNS(=O)(=O)c2ccccc2)nc(N2CCOCC2)n1. The van der Waals surface area contributed by atoms with Crippen molar-refractivity contribution in [2.24, 2.45) is 0 Å². The molecule has 1 aromatic heterocycles. The fourth-order valence-electron chi connectivity index (χ4n) is 2.42. The number of nitrogens with zero attached hydrogens (tertiary/aromatic N) is 5. The average Bonchev–Trinajstić information content (AvgIpc) is 2.67. The van der Waals surface area contributed by atoms with Gasteiger partial charge in [0, 0.05) is 27.2 Å². The summed E-state index contributed by atoms with van der Waals surface area (Å²) in [6.45, 7) is 2.58. The van der Waals surface area contributed by atoms with E-state index in [2.05, 4.69) is 19.7 Å². The second kappa shape index (κ2) is 7.94. The Morgan fingerprint density at radius 3 is 2.46 bits per heavy atom. The molecule has 1 saturated heterocycles. The first kappa shape index (κ1) is 18.5. The summed E-state index contributed by atoms with van der Waals surface area (Å²) >= 11 is 0. The maximum absolute atomic E-state index is 12.4. The van der Waals surface area contributed by atoms with Crippen LogP contribution in [0.1, 0.15) is 5.82 Å². The molecule has 0 spiro atoms. The van der Waals surface area contributed by atoms with Crippen LogP contribution < -0.4 is 14.5 Å². The van der Waals surface area contributed by atoms with Crippen LogP contribution in [-0.4, -0.2) is 63.8 Å². The third kappa shape index (κ3) is 4.45. The molecule has 1 fully saturated rings. The highest BCUT2D eigenvalue weighted by atomic mass is 32.2. The van der Waals surface area contributed by atoms with E-state index in [0.29, 0.717) is 44.0 Å². The number of rotatable bonds is 6. The van der Waals surface area contributed by atoms with Crippen molar-refractivity contribution in [2.75, 3.05) is 50.2 Å². The molecule has 0 bridgehead atoms. The average molecular weight is 378 g/mol. The van der Waals surface area contributed by atoms with Gasteiger partial charge in [0.2, 0.25) is 21.9 Å². The number of hydrogen-bond acceptors (Lipinski definition) is 8. The van der Waals surface area contributed by atoms with Gasteiger partial charge in [0.15, 0.2) is 5.82 Å². The van der Waals surface area contributed by atoms with Gasteiger partial charge in [-0.25, -0.2) is 13.1 Å². The number of ether oxygens (including phenoxy) is 1. The molecular weight excluding hydrogens is 356 g/mol. The molecule has 0 saturated carbocycles. The molecule has 0 aliphatic carbocycles. The van der Waals surface area contributed by atoms with E-state index < -0.39 is 10.0 Å². The summed E-state index contributed by atoms with van der Waals surface area (Å²) in [6.07, 6.45) is 0. The van der Waals surface area contributed by atoms with Crippen LogP contribution in [0.25, 0.3) is 0 Å². The van der Waals surface area contributed by atoms with Crippen LogP contribution in [0.4, 0.5) is 11.9 Å². The summed E-state index contributed by atoms with van der Waals surface area (Å²) in [4.78, 5) is 17.2. The quantitative estimate of drug-likeness (QED) is 0.764. The van der Waals surface area contributed by atoms with Crippen LogP contribution in [0.2, 0.25) is 0 Å². The minimum Gasteiger partial charge on any atom is -0.378 e. The van der Waals surface area contributed by atoms with Gasteiger partial charge in [-0.1, -0.05) is 18.2 Å². The van der Waals surface area contributed by atoms with Crippen LogP contribution >= 0.6 is 0 Å². The maximum atomic E-state index is 12.4. The number of morpholine rings is 1. The first-order valence-electron chi connectivity index (χ1n) is 8.25. The van der Waals surface area contributed by atoms with E-state index in [4.69, 9.17) is 4.74 Å². The Labute approximate surface area is 153 Å². The maximum Gasteiger partial charge on any atom is 0.240 e. The zero-order valence-corrected chi connectivity index (χ0v) is 15.6. The summed E-state index contributed by atoms with van der Waals surface area (Å²) in [6, 6.07) is 8.21. The Kier molecular flexibility index (Phi) is 5.64. The topological polar surface area (TPSA) is 101 Å². The van der Waals surface area contributed by atoms with Crippen molar-refractivity contribution < 1.29 is 13.2 Å². The molecule has 2 heterocycles. The van der Waals surface area contributed by atoms with E-state index in [1.165, 1.54) is 0 Å². The monoisotopic (exact) mass is 378 g/mol. The fraction of sp³-hybridized carbons (Fsp3) is 0.438. The lowest BCUT2D eigenvalue weighted by atomic mass is 10.4. The zero-order chi connectivity index (χ0) is 18.6. The van der Waals surface area contributed by atoms with Gasteiger partial charge < -0.3 is 14.5 Å². The molecule has 1 aliphatic heterocycles. The highest BCUT2D eigenvalue weighted by molar-refractivity contribution is 7.89. The second-order valence-corrected chi connectivity index (χ2v) is 7.75. The minimum absolute atomic E-state index is 0.0159. The molecule has 0 amide bonds. The van der Waals surface area contributed by atoms with Crippen LogP contribution in [0.5, 0.6) is 0 Å². The predicted octanol–water partition coefficient (Wildman–Crippen LogP) is 0.253. The smallest absolute Gasteiger partial charge is 0.240 e. The van der Waals surface area contributed by atoms with Gasteiger partial charge in [0.1, 0.15) is 0 Å². The first-order valence-corrected chi connectivity index (χ1v) is 9.74. The molecule has 3 rings (SSSR count). The van der Waals surface area contributed by atoms with Gasteiger partial charge in [-0.05, 0) is 12.1 Å². The number of benzene rings is 1. The van der Waals surface area contributed by atoms with Crippen molar-refractivity contribution in [1.82, 2.24) is 19.7 Å². The van der Waals surface area contributed by atoms with Crippen molar-refractivity contribution in [2.45, 2.75) is 11.4 Å².